The van der Waals surface area contributed by atoms with E-state index >= 15 is 0 Å². The van der Waals surface area contributed by atoms with Crippen molar-refractivity contribution in [3.63, 3.8) is 0 Å². The molecule has 2 N–H and O–H groups in total. The van der Waals surface area contributed by atoms with E-state index in [1.807, 2.05) is 6.92 Å². The van der Waals surface area contributed by atoms with Crippen LogP contribution in [0.25, 0.3) is 0 Å². The Morgan fingerprint density at radius 3 is 3.00 bits per heavy atom. The Morgan fingerprint density at radius 1 is 1.56 bits per heavy atom. The van der Waals surface area contributed by atoms with Gasteiger partial charge in [-0.15, -0.1) is 0 Å². The second-order valence-electron chi connectivity index (χ2n) is 4.38. The predicted molar refractivity (Wildman–Crippen MR) is 68.7 cm³/mol. The van der Waals surface area contributed by atoms with Gasteiger partial charge in [-0.1, -0.05) is 0 Å². The summed E-state index contributed by atoms with van der Waals surface area (Å²) < 4.78 is 10.4. The summed E-state index contributed by atoms with van der Waals surface area (Å²) in [5.41, 5.74) is 6.82. The number of ether oxygens (including phenoxy) is 2. The predicted octanol–water partition coefficient (Wildman–Crippen LogP) is 1.14. The van der Waals surface area contributed by atoms with Crippen LogP contribution in [0.3, 0.4) is 0 Å². The molecule has 1 aromatic rings. The maximum atomic E-state index is 12.4. The molecular weight excluding hydrogens is 232 g/mol. The van der Waals surface area contributed by atoms with Gasteiger partial charge in [0.25, 0.3) is 5.91 Å². The van der Waals surface area contributed by atoms with E-state index in [9.17, 15) is 4.79 Å². The van der Waals surface area contributed by atoms with E-state index in [1.54, 1.807) is 30.2 Å². The number of methoxy groups -OCH3 is 1. The van der Waals surface area contributed by atoms with Gasteiger partial charge >= 0.3 is 0 Å². The highest BCUT2D eigenvalue weighted by Gasteiger charge is 2.26. The Kier molecular flexibility index (Phi) is 3.72. The van der Waals surface area contributed by atoms with Crippen LogP contribution in [0.4, 0.5) is 5.69 Å². The van der Waals surface area contributed by atoms with Crippen molar-refractivity contribution in [3.8, 4) is 5.75 Å². The number of nitrogens with zero attached hydrogens (tertiary/aromatic N) is 1. The first-order valence-electron chi connectivity index (χ1n) is 5.95. The molecule has 0 aromatic heterocycles. The van der Waals surface area contributed by atoms with Crippen LogP contribution in [0.15, 0.2) is 18.2 Å². The monoisotopic (exact) mass is 250 g/mol. The van der Waals surface area contributed by atoms with Crippen LogP contribution in [0.1, 0.15) is 17.3 Å². The van der Waals surface area contributed by atoms with Crippen LogP contribution in [0.5, 0.6) is 5.75 Å². The largest absolute Gasteiger partial charge is 0.497 e. The minimum absolute atomic E-state index is 0.0665. The lowest BCUT2D eigenvalue weighted by Gasteiger charge is -2.33. The summed E-state index contributed by atoms with van der Waals surface area (Å²) in [7, 11) is 1.57. The average Bonchev–Trinajstić information content (AvgIpc) is 2.39. The van der Waals surface area contributed by atoms with Crippen LogP contribution in [0, 0.1) is 0 Å². The van der Waals surface area contributed by atoms with Gasteiger partial charge in [-0.05, 0) is 25.1 Å². The van der Waals surface area contributed by atoms with E-state index in [4.69, 9.17) is 15.2 Å². The summed E-state index contributed by atoms with van der Waals surface area (Å²) in [6.45, 7) is 3.69. The topological polar surface area (TPSA) is 64.8 Å². The van der Waals surface area contributed by atoms with Crippen molar-refractivity contribution in [2.24, 2.45) is 0 Å². The fourth-order valence-corrected chi connectivity index (χ4v) is 2.03. The fourth-order valence-electron chi connectivity index (χ4n) is 2.03. The van der Waals surface area contributed by atoms with Crippen LogP contribution in [-0.4, -0.2) is 43.7 Å². The van der Waals surface area contributed by atoms with E-state index in [-0.39, 0.29) is 11.9 Å². The third-order valence-electron chi connectivity index (χ3n) is 3.12. The zero-order valence-electron chi connectivity index (χ0n) is 10.7. The molecule has 2 rings (SSSR count). The molecule has 1 saturated heterocycles. The lowest BCUT2D eigenvalue weighted by molar-refractivity contribution is 0.00364. The summed E-state index contributed by atoms with van der Waals surface area (Å²) in [5.74, 6) is 0.565. The Morgan fingerprint density at radius 2 is 2.33 bits per heavy atom. The standard InChI is InChI=1S/C13H18N2O3/c1-9-8-18-6-5-15(9)13(16)11-7-10(17-2)3-4-12(11)14/h3-4,7,9H,5-6,8,14H2,1-2H3. The van der Waals surface area contributed by atoms with Crippen LogP contribution < -0.4 is 10.5 Å². The second kappa shape index (κ2) is 5.27. The number of hydrogen-bond acceptors (Lipinski definition) is 4. The number of anilines is 1. The molecule has 18 heavy (non-hydrogen) atoms. The van der Waals surface area contributed by atoms with Gasteiger partial charge in [-0.3, -0.25) is 4.79 Å². The van der Waals surface area contributed by atoms with Gasteiger partial charge < -0.3 is 20.1 Å². The molecule has 5 heteroatoms. The van der Waals surface area contributed by atoms with Crippen molar-refractivity contribution in [2.45, 2.75) is 13.0 Å². The molecule has 1 aromatic carbocycles. The number of rotatable bonds is 2. The lowest BCUT2D eigenvalue weighted by atomic mass is 10.1. The Balaban J connectivity index is 2.27. The van der Waals surface area contributed by atoms with Gasteiger partial charge in [0.2, 0.25) is 0 Å². The molecule has 1 fully saturated rings. The van der Waals surface area contributed by atoms with Gasteiger partial charge in [-0.2, -0.15) is 0 Å². The minimum atomic E-state index is -0.0674. The van der Waals surface area contributed by atoms with Crippen LogP contribution >= 0.6 is 0 Å². The fraction of sp³-hybridized carbons (Fsp3) is 0.462. The zero-order chi connectivity index (χ0) is 13.1. The average molecular weight is 250 g/mol. The van der Waals surface area contributed by atoms with E-state index in [0.29, 0.717) is 36.8 Å². The molecule has 98 valence electrons. The van der Waals surface area contributed by atoms with Crippen molar-refractivity contribution in [1.82, 2.24) is 4.90 Å². The first-order valence-corrected chi connectivity index (χ1v) is 5.95. The highest BCUT2D eigenvalue weighted by atomic mass is 16.5. The van der Waals surface area contributed by atoms with E-state index in [0.717, 1.165) is 0 Å². The zero-order valence-corrected chi connectivity index (χ0v) is 10.7. The third-order valence-corrected chi connectivity index (χ3v) is 3.12. The number of hydrogen-bond donors (Lipinski definition) is 1. The van der Waals surface area contributed by atoms with Gasteiger partial charge in [0, 0.05) is 12.2 Å². The highest BCUT2D eigenvalue weighted by Crippen LogP contribution is 2.22. The third kappa shape index (κ3) is 2.41. The molecule has 0 saturated carbocycles. The van der Waals surface area contributed by atoms with Crippen molar-refractivity contribution < 1.29 is 14.3 Å². The van der Waals surface area contributed by atoms with Gasteiger partial charge in [-0.25, -0.2) is 0 Å². The Hall–Kier alpha value is -1.75. The second-order valence-corrected chi connectivity index (χ2v) is 4.38. The number of nitrogen functional groups attached to an aromatic ring is 1. The Bertz CT molecular complexity index is 448. The number of morpholine rings is 1. The van der Waals surface area contributed by atoms with Crippen molar-refractivity contribution in [2.75, 3.05) is 32.6 Å². The molecule has 1 amide bonds. The first kappa shape index (κ1) is 12.7. The molecule has 1 heterocycles. The number of benzene rings is 1. The normalized spacial score (nSPS) is 19.7. The molecule has 0 bridgehead atoms. The van der Waals surface area contributed by atoms with Crippen molar-refractivity contribution in [3.05, 3.63) is 23.8 Å². The summed E-state index contributed by atoms with van der Waals surface area (Å²) in [6, 6.07) is 5.18. The SMILES string of the molecule is COc1ccc(N)c(C(=O)N2CCOCC2C)c1. The molecule has 1 aliphatic heterocycles. The smallest absolute Gasteiger partial charge is 0.256 e. The number of nitrogens with two attached hydrogens (primary N) is 1. The van der Waals surface area contributed by atoms with Crippen molar-refractivity contribution in [1.29, 1.82) is 0 Å². The molecule has 0 aliphatic carbocycles. The lowest BCUT2D eigenvalue weighted by Crippen LogP contribution is -2.47. The summed E-state index contributed by atoms with van der Waals surface area (Å²) in [4.78, 5) is 14.2. The molecule has 0 spiro atoms. The molecule has 1 atom stereocenters. The first-order chi connectivity index (χ1) is 8.63. The molecule has 1 unspecified atom stereocenters. The summed E-state index contributed by atoms with van der Waals surface area (Å²) in [6.07, 6.45) is 0. The maximum absolute atomic E-state index is 12.4. The number of carbonyl (C=O) groups excluding carboxylic acids is 1. The molecule has 1 aliphatic rings. The van der Waals surface area contributed by atoms with E-state index in [2.05, 4.69) is 0 Å². The van der Waals surface area contributed by atoms with E-state index in [1.165, 1.54) is 0 Å². The van der Waals surface area contributed by atoms with Crippen molar-refractivity contribution >= 4 is 11.6 Å². The van der Waals surface area contributed by atoms with Gasteiger partial charge in [0.05, 0.1) is 31.9 Å². The van der Waals surface area contributed by atoms with Crippen LogP contribution in [-0.2, 0) is 4.74 Å². The number of carbonyl (C=O) groups is 1. The summed E-state index contributed by atoms with van der Waals surface area (Å²) >= 11 is 0. The minimum Gasteiger partial charge on any atom is -0.497 e. The molecular formula is C13H18N2O3. The summed E-state index contributed by atoms with van der Waals surface area (Å²) in [5, 5.41) is 0. The van der Waals surface area contributed by atoms with E-state index < -0.39 is 0 Å². The molecule has 5 nitrogen and oxygen atoms in total. The number of amides is 1. The van der Waals surface area contributed by atoms with Gasteiger partial charge in [0.15, 0.2) is 0 Å². The highest BCUT2D eigenvalue weighted by molar-refractivity contribution is 5.99. The molecule has 0 radical (unpaired) electrons. The van der Waals surface area contributed by atoms with Gasteiger partial charge in [0.1, 0.15) is 5.75 Å². The van der Waals surface area contributed by atoms with Crippen LogP contribution in [0.2, 0.25) is 0 Å². The quantitative estimate of drug-likeness (QED) is 0.799. The Labute approximate surface area is 106 Å². The maximum Gasteiger partial charge on any atom is 0.256 e.